The first kappa shape index (κ1) is 18.5. The van der Waals surface area contributed by atoms with Gasteiger partial charge in [-0.1, -0.05) is 24.3 Å². The molecular formula is C22H25N3O3. The highest BCUT2D eigenvalue weighted by molar-refractivity contribution is 5.98. The molecule has 1 aliphatic rings. The summed E-state index contributed by atoms with van der Waals surface area (Å²) in [5.74, 6) is 2.44. The molecule has 1 aromatic heterocycles. The number of amides is 1. The molecule has 0 saturated carbocycles. The van der Waals surface area contributed by atoms with Gasteiger partial charge in [-0.05, 0) is 37.4 Å². The van der Waals surface area contributed by atoms with Gasteiger partial charge in [-0.3, -0.25) is 9.69 Å². The predicted molar refractivity (Wildman–Crippen MR) is 108 cm³/mol. The van der Waals surface area contributed by atoms with E-state index in [0.29, 0.717) is 12.4 Å². The number of oxazole rings is 1. The summed E-state index contributed by atoms with van der Waals surface area (Å²) in [5, 5.41) is 4.83. The van der Waals surface area contributed by atoms with Crippen LogP contribution in [0, 0.1) is 12.8 Å². The second-order valence-corrected chi connectivity index (χ2v) is 7.22. The van der Waals surface area contributed by atoms with Gasteiger partial charge in [0.1, 0.15) is 11.5 Å². The van der Waals surface area contributed by atoms with E-state index in [-0.39, 0.29) is 11.8 Å². The number of nitrogens with zero attached hydrogens (tertiary/aromatic N) is 2. The Morgan fingerprint density at radius 1 is 1.29 bits per heavy atom. The van der Waals surface area contributed by atoms with Crippen LogP contribution in [0.15, 0.2) is 40.8 Å². The summed E-state index contributed by atoms with van der Waals surface area (Å²) in [6.45, 7) is 4.29. The van der Waals surface area contributed by atoms with Gasteiger partial charge in [0.25, 0.3) is 0 Å². The molecule has 146 valence electrons. The predicted octanol–water partition coefficient (Wildman–Crippen LogP) is 3.38. The summed E-state index contributed by atoms with van der Waals surface area (Å²) in [5.41, 5.74) is 1.88. The molecule has 1 aliphatic heterocycles. The molecule has 3 aromatic rings. The standard InChI is InChI=1S/C22H25N3O3/c1-14-19(13-25-11-10-15(12-25)21(26)23-2)24-22(28-14)18-8-9-20(27-3)17-7-5-4-6-16(17)18/h4-9,15H,10-13H2,1-3H3,(H,23,26)/t15-/m1/s1. The van der Waals surface area contributed by atoms with E-state index in [1.54, 1.807) is 14.2 Å². The molecule has 4 rings (SSSR count). The highest BCUT2D eigenvalue weighted by Crippen LogP contribution is 2.35. The number of ether oxygens (including phenoxy) is 1. The van der Waals surface area contributed by atoms with Crippen LogP contribution in [0.5, 0.6) is 5.75 Å². The van der Waals surface area contributed by atoms with E-state index in [9.17, 15) is 4.79 Å². The molecule has 0 bridgehead atoms. The topological polar surface area (TPSA) is 67.6 Å². The van der Waals surface area contributed by atoms with Crippen LogP contribution in [0.4, 0.5) is 0 Å². The van der Waals surface area contributed by atoms with E-state index in [1.165, 1.54) is 0 Å². The summed E-state index contributed by atoms with van der Waals surface area (Å²) in [6, 6.07) is 12.0. The molecule has 1 fully saturated rings. The fourth-order valence-corrected chi connectivity index (χ4v) is 3.93. The molecule has 0 aliphatic carbocycles. The van der Waals surface area contributed by atoms with Crippen molar-refractivity contribution in [2.24, 2.45) is 5.92 Å². The van der Waals surface area contributed by atoms with Gasteiger partial charge >= 0.3 is 0 Å². The Morgan fingerprint density at radius 2 is 2.07 bits per heavy atom. The maximum absolute atomic E-state index is 11.9. The third-order valence-corrected chi connectivity index (χ3v) is 5.49. The number of aryl methyl sites for hydroxylation is 1. The zero-order chi connectivity index (χ0) is 19.7. The van der Waals surface area contributed by atoms with Gasteiger partial charge in [0.2, 0.25) is 11.8 Å². The number of carbonyl (C=O) groups excluding carboxylic acids is 1. The molecule has 1 atom stereocenters. The van der Waals surface area contributed by atoms with Crippen molar-refractivity contribution in [2.75, 3.05) is 27.2 Å². The summed E-state index contributed by atoms with van der Waals surface area (Å²) >= 11 is 0. The lowest BCUT2D eigenvalue weighted by molar-refractivity contribution is -0.124. The Balaban J connectivity index is 1.61. The van der Waals surface area contributed by atoms with Crippen LogP contribution in [0.3, 0.4) is 0 Å². The highest BCUT2D eigenvalue weighted by atomic mass is 16.5. The Hall–Kier alpha value is -2.86. The third kappa shape index (κ3) is 3.36. The molecule has 28 heavy (non-hydrogen) atoms. The molecule has 1 N–H and O–H groups in total. The van der Waals surface area contributed by atoms with Crippen LogP contribution >= 0.6 is 0 Å². The number of benzene rings is 2. The van der Waals surface area contributed by atoms with Crippen molar-refractivity contribution in [3.8, 4) is 17.2 Å². The minimum Gasteiger partial charge on any atom is -0.496 e. The van der Waals surface area contributed by atoms with Gasteiger partial charge in [0.05, 0.1) is 18.7 Å². The number of fused-ring (bicyclic) bond motifs is 1. The van der Waals surface area contributed by atoms with E-state index >= 15 is 0 Å². The smallest absolute Gasteiger partial charge is 0.227 e. The van der Waals surface area contributed by atoms with E-state index in [2.05, 4.69) is 16.3 Å². The second kappa shape index (κ2) is 7.64. The number of rotatable bonds is 5. The molecule has 2 aromatic carbocycles. The number of carbonyl (C=O) groups is 1. The molecule has 1 saturated heterocycles. The summed E-state index contributed by atoms with van der Waals surface area (Å²) in [7, 11) is 3.37. The number of aromatic nitrogens is 1. The van der Waals surface area contributed by atoms with Crippen molar-refractivity contribution in [1.82, 2.24) is 15.2 Å². The van der Waals surface area contributed by atoms with Crippen molar-refractivity contribution in [3.63, 3.8) is 0 Å². The minimum atomic E-state index is 0.0576. The lowest BCUT2D eigenvalue weighted by Gasteiger charge is -2.14. The SMILES string of the molecule is CNC(=O)[C@@H]1CCN(Cc2nc(-c3ccc(OC)c4ccccc34)oc2C)C1. The molecule has 6 heteroatoms. The molecular weight excluding hydrogens is 354 g/mol. The Bertz CT molecular complexity index is 1010. The number of likely N-dealkylation sites (tertiary alicyclic amines) is 1. The zero-order valence-corrected chi connectivity index (χ0v) is 16.5. The maximum atomic E-state index is 11.9. The molecule has 0 radical (unpaired) electrons. The van der Waals surface area contributed by atoms with Gasteiger partial charge in [-0.15, -0.1) is 0 Å². The normalized spacial score (nSPS) is 17.2. The van der Waals surface area contributed by atoms with Gasteiger partial charge < -0.3 is 14.5 Å². The third-order valence-electron chi connectivity index (χ3n) is 5.49. The monoisotopic (exact) mass is 379 g/mol. The highest BCUT2D eigenvalue weighted by Gasteiger charge is 2.28. The summed E-state index contributed by atoms with van der Waals surface area (Å²) < 4.78 is 11.5. The first-order chi connectivity index (χ1) is 13.6. The summed E-state index contributed by atoms with van der Waals surface area (Å²) in [6.07, 6.45) is 0.881. The van der Waals surface area contributed by atoms with Gasteiger partial charge in [-0.25, -0.2) is 4.98 Å². The van der Waals surface area contributed by atoms with E-state index in [0.717, 1.165) is 53.0 Å². The van der Waals surface area contributed by atoms with Crippen molar-refractivity contribution < 1.29 is 13.9 Å². The van der Waals surface area contributed by atoms with E-state index < -0.39 is 0 Å². The molecule has 1 amide bonds. The van der Waals surface area contributed by atoms with Crippen molar-refractivity contribution in [2.45, 2.75) is 19.9 Å². The quantitative estimate of drug-likeness (QED) is 0.736. The molecule has 0 unspecified atom stereocenters. The van der Waals surface area contributed by atoms with Gasteiger partial charge in [0.15, 0.2) is 0 Å². The number of hydrogen-bond acceptors (Lipinski definition) is 5. The second-order valence-electron chi connectivity index (χ2n) is 7.22. The lowest BCUT2D eigenvalue weighted by atomic mass is 10.0. The largest absolute Gasteiger partial charge is 0.496 e. The number of nitrogens with one attached hydrogen (secondary N) is 1. The Kier molecular flexibility index (Phi) is 5.05. The zero-order valence-electron chi connectivity index (χ0n) is 16.5. The average molecular weight is 379 g/mol. The average Bonchev–Trinajstić information content (AvgIpc) is 3.33. The van der Waals surface area contributed by atoms with Crippen molar-refractivity contribution >= 4 is 16.7 Å². The molecule has 2 heterocycles. The van der Waals surface area contributed by atoms with Crippen LogP contribution in [0.25, 0.3) is 22.2 Å². The number of methoxy groups -OCH3 is 1. The first-order valence-corrected chi connectivity index (χ1v) is 9.57. The van der Waals surface area contributed by atoms with Crippen molar-refractivity contribution in [3.05, 3.63) is 47.9 Å². The fraction of sp³-hybridized carbons (Fsp3) is 0.364. The Morgan fingerprint density at radius 3 is 2.82 bits per heavy atom. The Labute approximate surface area is 164 Å². The summed E-state index contributed by atoms with van der Waals surface area (Å²) in [4.78, 5) is 18.9. The van der Waals surface area contributed by atoms with Crippen LogP contribution in [0.2, 0.25) is 0 Å². The van der Waals surface area contributed by atoms with E-state index in [1.807, 2.05) is 37.3 Å². The molecule has 0 spiro atoms. The van der Waals surface area contributed by atoms with Crippen LogP contribution in [0.1, 0.15) is 17.9 Å². The fourth-order valence-electron chi connectivity index (χ4n) is 3.93. The minimum absolute atomic E-state index is 0.0576. The number of hydrogen-bond donors (Lipinski definition) is 1. The van der Waals surface area contributed by atoms with Gasteiger partial charge in [0, 0.05) is 31.1 Å². The van der Waals surface area contributed by atoms with Crippen LogP contribution in [-0.2, 0) is 11.3 Å². The van der Waals surface area contributed by atoms with Crippen molar-refractivity contribution in [1.29, 1.82) is 0 Å². The lowest BCUT2D eigenvalue weighted by Crippen LogP contribution is -2.30. The van der Waals surface area contributed by atoms with Gasteiger partial charge in [-0.2, -0.15) is 0 Å². The maximum Gasteiger partial charge on any atom is 0.227 e. The van der Waals surface area contributed by atoms with Crippen LogP contribution < -0.4 is 10.1 Å². The first-order valence-electron chi connectivity index (χ1n) is 9.57. The van der Waals surface area contributed by atoms with E-state index in [4.69, 9.17) is 14.1 Å². The molecule has 6 nitrogen and oxygen atoms in total. The van der Waals surface area contributed by atoms with Crippen LogP contribution in [-0.4, -0.2) is 43.0 Å².